The summed E-state index contributed by atoms with van der Waals surface area (Å²) < 4.78 is 1.93. The Kier molecular flexibility index (Phi) is 3.21. The number of imidazole rings is 1. The van der Waals surface area contributed by atoms with Crippen LogP contribution in [0.25, 0.3) is 5.65 Å². The predicted molar refractivity (Wildman–Crippen MR) is 78.7 cm³/mol. The zero-order chi connectivity index (χ0) is 13.9. The van der Waals surface area contributed by atoms with Crippen molar-refractivity contribution in [3.63, 3.8) is 0 Å². The summed E-state index contributed by atoms with van der Waals surface area (Å²) in [5.41, 5.74) is 3.73. The maximum absolute atomic E-state index is 12.1. The van der Waals surface area contributed by atoms with E-state index in [4.69, 9.17) is 0 Å². The molecule has 1 N–H and O–H groups in total. The molecule has 4 heteroatoms. The summed E-state index contributed by atoms with van der Waals surface area (Å²) in [5.74, 6) is -0.0307. The van der Waals surface area contributed by atoms with Gasteiger partial charge in [-0.1, -0.05) is 18.2 Å². The molecule has 0 aliphatic carbocycles. The summed E-state index contributed by atoms with van der Waals surface area (Å²) in [7, 11) is 0. The van der Waals surface area contributed by atoms with Crippen molar-refractivity contribution in [3.05, 3.63) is 66.1 Å². The van der Waals surface area contributed by atoms with Gasteiger partial charge >= 0.3 is 0 Å². The van der Waals surface area contributed by atoms with Gasteiger partial charge in [-0.15, -0.1) is 0 Å². The zero-order valence-corrected chi connectivity index (χ0v) is 11.2. The van der Waals surface area contributed by atoms with E-state index in [1.807, 2.05) is 60.0 Å². The first kappa shape index (κ1) is 12.4. The molecule has 4 nitrogen and oxygen atoms in total. The number of pyridine rings is 1. The third-order valence-electron chi connectivity index (χ3n) is 3.16. The number of fused-ring (bicyclic) bond motifs is 1. The van der Waals surface area contributed by atoms with Crippen molar-refractivity contribution in [1.82, 2.24) is 9.38 Å². The van der Waals surface area contributed by atoms with Gasteiger partial charge in [-0.2, -0.15) is 0 Å². The molecule has 2 heterocycles. The minimum absolute atomic E-state index is 0.0307. The van der Waals surface area contributed by atoms with Crippen LogP contribution in [0.2, 0.25) is 0 Å². The van der Waals surface area contributed by atoms with E-state index in [2.05, 4.69) is 10.3 Å². The maximum atomic E-state index is 12.1. The monoisotopic (exact) mass is 265 g/mol. The fourth-order valence-electron chi connectivity index (χ4n) is 2.24. The smallest absolute Gasteiger partial charge is 0.230 e. The number of nitrogens with zero attached hydrogens (tertiary/aromatic N) is 2. The Labute approximate surface area is 117 Å². The summed E-state index contributed by atoms with van der Waals surface area (Å²) in [6.45, 7) is 2.00. The highest BCUT2D eigenvalue weighted by Gasteiger charge is 2.07. The van der Waals surface area contributed by atoms with Gasteiger partial charge in [0, 0.05) is 23.8 Å². The van der Waals surface area contributed by atoms with Crippen molar-refractivity contribution in [2.75, 3.05) is 5.32 Å². The minimum Gasteiger partial charge on any atom is -0.326 e. The number of rotatable bonds is 3. The second-order valence-corrected chi connectivity index (χ2v) is 4.77. The number of amides is 1. The van der Waals surface area contributed by atoms with Crippen LogP contribution in [0.5, 0.6) is 0 Å². The molecule has 0 bridgehead atoms. The lowest BCUT2D eigenvalue weighted by Crippen LogP contribution is -2.16. The molecule has 0 fully saturated rings. The van der Waals surface area contributed by atoms with Gasteiger partial charge in [0.25, 0.3) is 0 Å². The molecular weight excluding hydrogens is 250 g/mol. The van der Waals surface area contributed by atoms with E-state index < -0.39 is 0 Å². The normalized spacial score (nSPS) is 10.7. The summed E-state index contributed by atoms with van der Waals surface area (Å²) in [6, 6.07) is 13.5. The van der Waals surface area contributed by atoms with Crippen molar-refractivity contribution >= 4 is 17.2 Å². The number of carbonyl (C=O) groups is 1. The molecule has 0 radical (unpaired) electrons. The highest BCUT2D eigenvalue weighted by molar-refractivity contribution is 5.92. The molecule has 3 aromatic rings. The Bertz CT molecular complexity index is 761. The molecule has 3 rings (SSSR count). The number of benzene rings is 1. The second-order valence-electron chi connectivity index (χ2n) is 4.77. The van der Waals surface area contributed by atoms with Crippen molar-refractivity contribution in [2.45, 2.75) is 13.3 Å². The lowest BCUT2D eigenvalue weighted by atomic mass is 10.2. The molecule has 2 aromatic heterocycles. The van der Waals surface area contributed by atoms with Gasteiger partial charge in [0.05, 0.1) is 6.42 Å². The van der Waals surface area contributed by atoms with Crippen LogP contribution < -0.4 is 5.32 Å². The van der Waals surface area contributed by atoms with Crippen molar-refractivity contribution in [1.29, 1.82) is 0 Å². The molecule has 1 amide bonds. The summed E-state index contributed by atoms with van der Waals surface area (Å²) in [5, 5.41) is 2.92. The van der Waals surface area contributed by atoms with E-state index >= 15 is 0 Å². The number of aromatic nitrogens is 2. The van der Waals surface area contributed by atoms with Gasteiger partial charge in [-0.25, -0.2) is 4.98 Å². The Morgan fingerprint density at radius 2 is 2.10 bits per heavy atom. The first-order valence-corrected chi connectivity index (χ1v) is 6.50. The van der Waals surface area contributed by atoms with E-state index in [0.29, 0.717) is 6.42 Å². The SMILES string of the molecule is Cc1cccc(NC(=O)Cc2cccc3nccn23)c1. The highest BCUT2D eigenvalue weighted by Crippen LogP contribution is 2.11. The largest absolute Gasteiger partial charge is 0.326 e. The Morgan fingerprint density at radius 1 is 1.25 bits per heavy atom. The van der Waals surface area contributed by atoms with E-state index in [9.17, 15) is 4.79 Å². The summed E-state index contributed by atoms with van der Waals surface area (Å²) in [6.07, 6.45) is 3.92. The van der Waals surface area contributed by atoms with Crippen LogP contribution in [0.1, 0.15) is 11.3 Å². The molecule has 0 aliphatic rings. The van der Waals surface area contributed by atoms with Crippen LogP contribution in [0.4, 0.5) is 5.69 Å². The van der Waals surface area contributed by atoms with Crippen LogP contribution in [0.15, 0.2) is 54.9 Å². The number of carbonyl (C=O) groups excluding carboxylic acids is 1. The van der Waals surface area contributed by atoms with Crippen LogP contribution in [0.3, 0.4) is 0 Å². The van der Waals surface area contributed by atoms with Crippen LogP contribution >= 0.6 is 0 Å². The Balaban J connectivity index is 1.77. The first-order valence-electron chi connectivity index (χ1n) is 6.50. The molecule has 0 unspecified atom stereocenters. The van der Waals surface area contributed by atoms with Crippen molar-refractivity contribution in [2.24, 2.45) is 0 Å². The molecule has 1 aromatic carbocycles. The Hall–Kier alpha value is -2.62. The Morgan fingerprint density at radius 3 is 2.95 bits per heavy atom. The highest BCUT2D eigenvalue weighted by atomic mass is 16.1. The van der Waals surface area contributed by atoms with Gasteiger partial charge < -0.3 is 9.72 Å². The van der Waals surface area contributed by atoms with E-state index in [-0.39, 0.29) is 5.91 Å². The van der Waals surface area contributed by atoms with E-state index in [0.717, 1.165) is 22.6 Å². The van der Waals surface area contributed by atoms with Gasteiger partial charge in [-0.05, 0) is 36.8 Å². The third kappa shape index (κ3) is 2.54. The van der Waals surface area contributed by atoms with Gasteiger partial charge in [-0.3, -0.25) is 4.79 Å². The lowest BCUT2D eigenvalue weighted by molar-refractivity contribution is -0.115. The van der Waals surface area contributed by atoms with Crippen molar-refractivity contribution < 1.29 is 4.79 Å². The molecule has 0 aliphatic heterocycles. The molecule has 0 saturated carbocycles. The number of hydrogen-bond donors (Lipinski definition) is 1. The lowest BCUT2D eigenvalue weighted by Gasteiger charge is -2.07. The first-order chi connectivity index (χ1) is 9.72. The van der Waals surface area contributed by atoms with Crippen LogP contribution in [-0.4, -0.2) is 15.3 Å². The fourth-order valence-corrected chi connectivity index (χ4v) is 2.24. The van der Waals surface area contributed by atoms with Crippen LogP contribution in [-0.2, 0) is 11.2 Å². The average molecular weight is 265 g/mol. The molecule has 0 saturated heterocycles. The number of nitrogens with one attached hydrogen (secondary N) is 1. The molecule has 0 spiro atoms. The van der Waals surface area contributed by atoms with E-state index in [1.165, 1.54) is 0 Å². The fraction of sp³-hybridized carbons (Fsp3) is 0.125. The quantitative estimate of drug-likeness (QED) is 0.791. The van der Waals surface area contributed by atoms with Gasteiger partial charge in [0.1, 0.15) is 5.65 Å². The minimum atomic E-state index is -0.0307. The van der Waals surface area contributed by atoms with Crippen LogP contribution in [0, 0.1) is 6.92 Å². The van der Waals surface area contributed by atoms with Crippen molar-refractivity contribution in [3.8, 4) is 0 Å². The molecule has 20 heavy (non-hydrogen) atoms. The van der Waals surface area contributed by atoms with E-state index in [1.54, 1.807) is 6.20 Å². The molecular formula is C16H15N3O. The maximum Gasteiger partial charge on any atom is 0.230 e. The zero-order valence-electron chi connectivity index (χ0n) is 11.2. The topological polar surface area (TPSA) is 46.4 Å². The van der Waals surface area contributed by atoms with Gasteiger partial charge in [0.2, 0.25) is 5.91 Å². The summed E-state index contributed by atoms with van der Waals surface area (Å²) >= 11 is 0. The molecule has 0 atom stereocenters. The standard InChI is InChI=1S/C16H15N3O/c1-12-4-2-5-13(10-12)18-16(20)11-14-6-3-7-15-17-8-9-19(14)15/h2-10H,11H2,1H3,(H,18,20). The number of hydrogen-bond acceptors (Lipinski definition) is 2. The average Bonchev–Trinajstić information content (AvgIpc) is 2.88. The summed E-state index contributed by atoms with van der Waals surface area (Å²) in [4.78, 5) is 16.3. The second kappa shape index (κ2) is 5.17. The molecule has 100 valence electrons. The van der Waals surface area contributed by atoms with Gasteiger partial charge in [0.15, 0.2) is 0 Å². The number of anilines is 1. The third-order valence-corrected chi connectivity index (χ3v) is 3.16. The predicted octanol–water partition coefficient (Wildman–Crippen LogP) is 2.82. The number of aryl methyl sites for hydroxylation is 1.